The number of halogens is 4. The molecule has 6 nitrogen and oxygen atoms in total. The first-order valence-corrected chi connectivity index (χ1v) is 11.7. The fourth-order valence-electron chi connectivity index (χ4n) is 4.28. The maximum absolute atomic E-state index is 13.9. The van der Waals surface area contributed by atoms with Crippen molar-refractivity contribution < 1.29 is 26.0 Å². The molecule has 0 bridgehead atoms. The molecule has 0 spiro atoms. The van der Waals surface area contributed by atoms with E-state index in [1.54, 1.807) is 0 Å². The largest absolute Gasteiger partial charge is 0.433 e. The Morgan fingerprint density at radius 2 is 1.73 bits per heavy atom. The van der Waals surface area contributed by atoms with Crippen LogP contribution in [0.25, 0.3) is 10.9 Å². The van der Waals surface area contributed by atoms with Crippen LogP contribution in [0, 0.1) is 5.82 Å². The summed E-state index contributed by atoms with van der Waals surface area (Å²) in [5.41, 5.74) is -0.597. The van der Waals surface area contributed by atoms with Gasteiger partial charge in [-0.25, -0.2) is 14.5 Å². The molecule has 0 saturated carbocycles. The minimum atomic E-state index is -4.67. The van der Waals surface area contributed by atoms with Crippen LogP contribution in [0.3, 0.4) is 0 Å². The van der Waals surface area contributed by atoms with E-state index in [0.29, 0.717) is 12.8 Å². The number of hydrogen-bond acceptors (Lipinski definition) is 4. The van der Waals surface area contributed by atoms with Crippen molar-refractivity contribution >= 4 is 26.8 Å². The zero-order valence-corrected chi connectivity index (χ0v) is 18.3. The number of alkyl halides is 3. The zero-order valence-electron chi connectivity index (χ0n) is 17.4. The Bertz CT molecular complexity index is 1260. The summed E-state index contributed by atoms with van der Waals surface area (Å²) >= 11 is 0. The first-order chi connectivity index (χ1) is 15.5. The molecule has 0 radical (unpaired) electrons. The van der Waals surface area contributed by atoms with E-state index in [0.717, 1.165) is 23.8 Å². The molecule has 0 atom stereocenters. The van der Waals surface area contributed by atoms with Gasteiger partial charge in [-0.3, -0.25) is 0 Å². The van der Waals surface area contributed by atoms with Crippen molar-refractivity contribution in [2.75, 3.05) is 25.0 Å². The zero-order chi connectivity index (χ0) is 23.9. The molecular weight excluding hydrogens is 460 g/mol. The number of benzene rings is 2. The Hall–Kier alpha value is -2.76. The van der Waals surface area contributed by atoms with Crippen LogP contribution in [0.15, 0.2) is 54.6 Å². The average molecular weight is 483 g/mol. The molecule has 2 aromatic carbocycles. The van der Waals surface area contributed by atoms with E-state index in [9.17, 15) is 26.0 Å². The minimum absolute atomic E-state index is 0.0199. The maximum atomic E-state index is 13.9. The van der Waals surface area contributed by atoms with Crippen molar-refractivity contribution in [3.63, 3.8) is 0 Å². The van der Waals surface area contributed by atoms with Crippen LogP contribution in [-0.4, -0.2) is 37.3 Å². The van der Waals surface area contributed by atoms with E-state index >= 15 is 0 Å². The smallest absolute Gasteiger partial charge is 0.384 e. The van der Waals surface area contributed by atoms with Gasteiger partial charge in [-0.05, 0) is 42.7 Å². The van der Waals surface area contributed by atoms with Crippen LogP contribution in [0.4, 0.5) is 23.2 Å². The summed E-state index contributed by atoms with van der Waals surface area (Å²) in [5, 5.41) is 8.58. The van der Waals surface area contributed by atoms with Gasteiger partial charge in [0.2, 0.25) is 0 Å². The fourth-order valence-corrected chi connectivity index (χ4v) is 4.97. The van der Waals surface area contributed by atoms with Crippen molar-refractivity contribution in [3.8, 4) is 0 Å². The van der Waals surface area contributed by atoms with Gasteiger partial charge in [0.1, 0.15) is 11.5 Å². The van der Waals surface area contributed by atoms with E-state index in [1.165, 1.54) is 10.4 Å². The molecule has 4 rings (SSSR count). The van der Waals surface area contributed by atoms with Gasteiger partial charge in [-0.2, -0.15) is 25.9 Å². The van der Waals surface area contributed by atoms with Crippen LogP contribution < -0.4 is 10.5 Å². The second-order valence-corrected chi connectivity index (χ2v) is 9.70. The lowest BCUT2D eigenvalue weighted by Crippen LogP contribution is -2.49. The Morgan fingerprint density at radius 3 is 2.33 bits per heavy atom. The van der Waals surface area contributed by atoms with Gasteiger partial charge in [-0.15, -0.1) is 0 Å². The molecular formula is C22H22F4N4O2S. The van der Waals surface area contributed by atoms with Crippen molar-refractivity contribution in [3.05, 3.63) is 71.7 Å². The maximum Gasteiger partial charge on any atom is 0.433 e. The number of nitrogens with one attached hydrogen (secondary N) is 1. The van der Waals surface area contributed by atoms with Crippen LogP contribution in [-0.2, 0) is 21.8 Å². The second kappa shape index (κ2) is 8.54. The Kier molecular flexibility index (Phi) is 6.06. The molecule has 0 unspecified atom stereocenters. The molecule has 0 aliphatic carbocycles. The normalized spacial score (nSPS) is 17.2. The molecule has 176 valence electrons. The van der Waals surface area contributed by atoms with Crippen LogP contribution in [0.1, 0.15) is 24.1 Å². The molecule has 1 saturated heterocycles. The average Bonchev–Trinajstić information content (AvgIpc) is 2.77. The number of pyridine rings is 1. The molecule has 1 aliphatic rings. The van der Waals surface area contributed by atoms with E-state index in [4.69, 9.17) is 5.14 Å². The summed E-state index contributed by atoms with van der Waals surface area (Å²) in [4.78, 5) is 3.64. The predicted octanol–water partition coefficient (Wildman–Crippen LogP) is 4.04. The standard InChI is InChI=1S/C22H22F4N4O2S/c23-16-6-7-18-17(12-16)19(13-20(29-18)22(24,25)26)28-14-21(15-4-2-1-3-5-15)8-10-30(11-9-21)33(27,31)32/h1-7,12-13H,8-11,14H2,(H,28,29)(H2,27,31,32). The van der Waals surface area contributed by atoms with Crippen LogP contribution >= 0.6 is 0 Å². The van der Waals surface area contributed by atoms with Gasteiger partial charge < -0.3 is 5.32 Å². The highest BCUT2D eigenvalue weighted by atomic mass is 32.2. The third-order valence-electron chi connectivity index (χ3n) is 6.10. The number of fused-ring (bicyclic) bond motifs is 1. The molecule has 2 heterocycles. The second-order valence-electron chi connectivity index (χ2n) is 8.16. The molecule has 1 aliphatic heterocycles. The molecule has 33 heavy (non-hydrogen) atoms. The predicted molar refractivity (Wildman–Crippen MR) is 117 cm³/mol. The molecule has 3 aromatic rings. The van der Waals surface area contributed by atoms with Crippen molar-refractivity contribution in [1.29, 1.82) is 0 Å². The molecule has 1 aromatic heterocycles. The highest BCUT2D eigenvalue weighted by Gasteiger charge is 2.39. The fraction of sp³-hybridized carbons (Fsp3) is 0.318. The summed E-state index contributed by atoms with van der Waals surface area (Å²) in [6, 6.07) is 13.6. The Labute approximate surface area is 188 Å². The lowest BCUT2D eigenvalue weighted by Gasteiger charge is -2.41. The highest BCUT2D eigenvalue weighted by molar-refractivity contribution is 7.86. The van der Waals surface area contributed by atoms with Gasteiger partial charge in [0.25, 0.3) is 10.2 Å². The highest BCUT2D eigenvalue weighted by Crippen LogP contribution is 2.38. The number of nitrogens with two attached hydrogens (primary N) is 1. The summed E-state index contributed by atoms with van der Waals surface area (Å²) in [6.45, 7) is 0.562. The van der Waals surface area contributed by atoms with E-state index in [1.807, 2.05) is 30.3 Å². The van der Waals surface area contributed by atoms with E-state index in [-0.39, 0.29) is 36.2 Å². The Morgan fingerprint density at radius 1 is 1.06 bits per heavy atom. The third kappa shape index (κ3) is 4.94. The molecule has 0 amide bonds. The number of rotatable bonds is 5. The third-order valence-corrected chi connectivity index (χ3v) is 7.19. The van der Waals surface area contributed by atoms with Gasteiger partial charge in [0, 0.05) is 36.1 Å². The summed E-state index contributed by atoms with van der Waals surface area (Å²) in [6.07, 6.45) is -3.86. The minimum Gasteiger partial charge on any atom is -0.384 e. The van der Waals surface area contributed by atoms with Gasteiger partial charge in [-0.1, -0.05) is 30.3 Å². The van der Waals surface area contributed by atoms with Gasteiger partial charge in [0.05, 0.1) is 5.52 Å². The van der Waals surface area contributed by atoms with Crippen LogP contribution in [0.5, 0.6) is 0 Å². The first kappa shape index (κ1) is 23.4. The molecule has 3 N–H and O–H groups in total. The number of anilines is 1. The quantitative estimate of drug-likeness (QED) is 0.538. The Balaban J connectivity index is 1.71. The van der Waals surface area contributed by atoms with Crippen molar-refractivity contribution in [2.45, 2.75) is 24.4 Å². The van der Waals surface area contributed by atoms with E-state index in [2.05, 4.69) is 10.3 Å². The summed E-state index contributed by atoms with van der Waals surface area (Å²) in [7, 11) is -3.84. The number of piperidine rings is 1. The number of nitrogens with zero attached hydrogens (tertiary/aromatic N) is 2. The number of aromatic nitrogens is 1. The molecule has 11 heteroatoms. The monoisotopic (exact) mass is 482 g/mol. The van der Waals surface area contributed by atoms with Gasteiger partial charge >= 0.3 is 6.18 Å². The number of hydrogen-bond donors (Lipinski definition) is 2. The lowest BCUT2D eigenvalue weighted by atomic mass is 9.73. The first-order valence-electron chi connectivity index (χ1n) is 10.2. The molecule has 1 fully saturated rings. The van der Waals surface area contributed by atoms with Crippen molar-refractivity contribution in [1.82, 2.24) is 9.29 Å². The SMILES string of the molecule is NS(=O)(=O)N1CCC(CNc2cc(C(F)(F)F)nc3ccc(F)cc23)(c2ccccc2)CC1. The van der Waals surface area contributed by atoms with Crippen LogP contribution in [0.2, 0.25) is 0 Å². The summed E-state index contributed by atoms with van der Waals surface area (Å²) < 4.78 is 78.9. The van der Waals surface area contributed by atoms with E-state index < -0.39 is 33.3 Å². The van der Waals surface area contributed by atoms with Gasteiger partial charge in [0.15, 0.2) is 0 Å². The topological polar surface area (TPSA) is 88.3 Å². The summed E-state index contributed by atoms with van der Waals surface area (Å²) in [5.74, 6) is -0.591. The lowest BCUT2D eigenvalue weighted by molar-refractivity contribution is -0.140. The van der Waals surface area contributed by atoms with Crippen molar-refractivity contribution in [2.24, 2.45) is 5.14 Å².